The molecule has 0 spiro atoms. The van der Waals surface area contributed by atoms with Gasteiger partial charge in [0.1, 0.15) is 5.82 Å². The van der Waals surface area contributed by atoms with Crippen LogP contribution in [0.4, 0.5) is 10.1 Å². The second kappa shape index (κ2) is 5.57. The predicted molar refractivity (Wildman–Crippen MR) is 68.7 cm³/mol. The Morgan fingerprint density at radius 2 is 2.32 bits per heavy atom. The first-order valence-corrected chi connectivity index (χ1v) is 6.24. The van der Waals surface area contributed by atoms with Gasteiger partial charge >= 0.3 is 5.97 Å². The molecule has 6 heteroatoms. The van der Waals surface area contributed by atoms with Crippen molar-refractivity contribution in [3.05, 3.63) is 29.6 Å². The normalized spacial score (nSPS) is 18.8. The first kappa shape index (κ1) is 13.8. The van der Waals surface area contributed by atoms with E-state index >= 15 is 0 Å². The number of rotatable bonds is 3. The number of nitrogens with zero attached hydrogens (tertiary/aromatic N) is 1. The Morgan fingerprint density at radius 3 is 2.84 bits per heavy atom. The third-order valence-electron chi connectivity index (χ3n) is 2.99. The van der Waals surface area contributed by atoms with Crippen LogP contribution in [0.5, 0.6) is 0 Å². The van der Waals surface area contributed by atoms with Crippen LogP contribution in [0.2, 0.25) is 0 Å². The fourth-order valence-electron chi connectivity index (χ4n) is 1.99. The molecule has 1 unspecified atom stereocenters. The maximum Gasteiger partial charge on any atom is 0.310 e. The molecule has 1 aromatic rings. The van der Waals surface area contributed by atoms with Crippen LogP contribution < -0.4 is 4.90 Å². The van der Waals surface area contributed by atoms with Crippen molar-refractivity contribution in [2.45, 2.75) is 18.2 Å². The number of carbonyl (C=O) groups excluding carboxylic acids is 2. The number of hydrogen-bond acceptors (Lipinski definition) is 3. The number of esters is 1. The van der Waals surface area contributed by atoms with Crippen LogP contribution in [-0.2, 0) is 20.7 Å². The molecule has 1 heterocycles. The van der Waals surface area contributed by atoms with Gasteiger partial charge in [0.15, 0.2) is 0 Å². The molecule has 0 bridgehead atoms. The van der Waals surface area contributed by atoms with Crippen molar-refractivity contribution in [2.24, 2.45) is 0 Å². The smallest absolute Gasteiger partial charge is 0.310 e. The van der Waals surface area contributed by atoms with Crippen LogP contribution in [0.1, 0.15) is 12.0 Å². The number of hydrogen-bond donors (Lipinski definition) is 0. The van der Waals surface area contributed by atoms with Crippen molar-refractivity contribution in [1.82, 2.24) is 0 Å². The lowest BCUT2D eigenvalue weighted by Gasteiger charge is -2.16. The van der Waals surface area contributed by atoms with Crippen molar-refractivity contribution in [3.8, 4) is 0 Å². The summed E-state index contributed by atoms with van der Waals surface area (Å²) in [6.07, 6.45) is 0.127. The fourth-order valence-corrected chi connectivity index (χ4v) is 2.26. The molecule has 0 saturated carbocycles. The van der Waals surface area contributed by atoms with Crippen molar-refractivity contribution in [3.63, 3.8) is 0 Å². The molecular weight excluding hydrogens is 273 g/mol. The highest BCUT2D eigenvalue weighted by Gasteiger charge is 2.29. The molecule has 1 amide bonds. The molecule has 1 aromatic carbocycles. The average molecular weight is 286 g/mol. The zero-order valence-electron chi connectivity index (χ0n) is 10.4. The summed E-state index contributed by atoms with van der Waals surface area (Å²) >= 11 is 5.89. The Kier molecular flexibility index (Phi) is 4.04. The Labute approximate surface area is 115 Å². The number of ether oxygens (including phenoxy) is 1. The quantitative estimate of drug-likeness (QED) is 0.629. The topological polar surface area (TPSA) is 46.6 Å². The lowest BCUT2D eigenvalue weighted by molar-refractivity contribution is -0.139. The van der Waals surface area contributed by atoms with E-state index in [0.29, 0.717) is 12.2 Å². The van der Waals surface area contributed by atoms with E-state index < -0.39 is 11.8 Å². The molecule has 4 nitrogen and oxygen atoms in total. The number of benzene rings is 1. The van der Waals surface area contributed by atoms with Gasteiger partial charge in [0.2, 0.25) is 5.91 Å². The number of methoxy groups -OCH3 is 1. The van der Waals surface area contributed by atoms with E-state index in [2.05, 4.69) is 4.74 Å². The van der Waals surface area contributed by atoms with Crippen molar-refractivity contribution >= 4 is 29.2 Å². The fraction of sp³-hybridized carbons (Fsp3) is 0.385. The largest absolute Gasteiger partial charge is 0.469 e. The maximum absolute atomic E-state index is 13.8. The van der Waals surface area contributed by atoms with E-state index in [0.717, 1.165) is 0 Å². The molecular formula is C13H13ClFNO3. The highest BCUT2D eigenvalue weighted by Crippen LogP contribution is 2.26. The minimum absolute atomic E-state index is 0.125. The first-order chi connectivity index (χ1) is 9.01. The third kappa shape index (κ3) is 3.04. The lowest BCUT2D eigenvalue weighted by atomic mass is 10.1. The van der Waals surface area contributed by atoms with Gasteiger partial charge in [-0.2, -0.15) is 0 Å². The van der Waals surface area contributed by atoms with Gasteiger partial charge in [-0.1, -0.05) is 6.07 Å². The van der Waals surface area contributed by atoms with Crippen molar-refractivity contribution in [2.75, 3.05) is 18.6 Å². The van der Waals surface area contributed by atoms with Crippen LogP contribution >= 0.6 is 11.6 Å². The zero-order valence-corrected chi connectivity index (χ0v) is 11.1. The Balaban J connectivity index is 2.19. The van der Waals surface area contributed by atoms with Gasteiger partial charge in [0.05, 0.1) is 18.9 Å². The first-order valence-electron chi connectivity index (χ1n) is 5.81. The van der Waals surface area contributed by atoms with Crippen molar-refractivity contribution in [1.29, 1.82) is 0 Å². The summed E-state index contributed by atoms with van der Waals surface area (Å²) < 4.78 is 18.3. The summed E-state index contributed by atoms with van der Waals surface area (Å²) in [6.45, 7) is 0.371. The second-order valence-corrected chi connectivity index (χ2v) is 4.95. The molecule has 1 aliphatic heterocycles. The number of anilines is 1. The number of carbonyl (C=O) groups is 2. The van der Waals surface area contributed by atoms with E-state index in [9.17, 15) is 14.0 Å². The highest BCUT2D eigenvalue weighted by atomic mass is 35.5. The highest BCUT2D eigenvalue weighted by molar-refractivity contribution is 6.24. The molecule has 1 saturated heterocycles. The van der Waals surface area contributed by atoms with Gasteiger partial charge in [-0.25, -0.2) is 4.39 Å². The van der Waals surface area contributed by atoms with E-state index in [1.54, 1.807) is 6.07 Å². The standard InChI is InChI=1S/C13H13ClFNO3/c1-19-13(18)4-8-2-3-10(6-11(8)15)16-7-9(14)5-12(16)17/h2-3,6,9H,4-5,7H2,1H3. The molecule has 0 aromatic heterocycles. The molecule has 102 valence electrons. The number of halogens is 2. The molecule has 0 radical (unpaired) electrons. The second-order valence-electron chi connectivity index (χ2n) is 4.33. The molecule has 1 aliphatic rings. The van der Waals surface area contributed by atoms with Gasteiger partial charge in [0, 0.05) is 18.7 Å². The van der Waals surface area contributed by atoms with Gasteiger partial charge < -0.3 is 9.64 Å². The minimum Gasteiger partial charge on any atom is -0.469 e. The summed E-state index contributed by atoms with van der Waals surface area (Å²) in [5.74, 6) is -1.17. The molecule has 0 aliphatic carbocycles. The molecule has 1 fully saturated rings. The van der Waals surface area contributed by atoms with Gasteiger partial charge in [-0.15, -0.1) is 11.6 Å². The van der Waals surface area contributed by atoms with Gasteiger partial charge in [0.25, 0.3) is 0 Å². The summed E-state index contributed by atoms with van der Waals surface area (Å²) in [5.41, 5.74) is 0.698. The molecule has 0 N–H and O–H groups in total. The summed E-state index contributed by atoms with van der Waals surface area (Å²) in [4.78, 5) is 24.2. The zero-order chi connectivity index (χ0) is 14.0. The molecule has 2 rings (SSSR count). The minimum atomic E-state index is -0.534. The van der Waals surface area contributed by atoms with Crippen LogP contribution in [0.25, 0.3) is 0 Å². The maximum atomic E-state index is 13.8. The van der Waals surface area contributed by atoms with Crippen molar-refractivity contribution < 1.29 is 18.7 Å². The Hall–Kier alpha value is -1.62. The third-order valence-corrected chi connectivity index (χ3v) is 3.28. The number of alkyl halides is 1. The van der Waals surface area contributed by atoms with E-state index in [-0.39, 0.29) is 29.7 Å². The Morgan fingerprint density at radius 1 is 1.58 bits per heavy atom. The van der Waals surface area contributed by atoms with E-state index in [4.69, 9.17) is 11.6 Å². The van der Waals surface area contributed by atoms with E-state index in [1.807, 2.05) is 0 Å². The summed E-state index contributed by atoms with van der Waals surface area (Å²) in [5, 5.41) is -0.245. The summed E-state index contributed by atoms with van der Waals surface area (Å²) in [6, 6.07) is 4.33. The molecule has 19 heavy (non-hydrogen) atoms. The lowest BCUT2D eigenvalue weighted by Crippen LogP contribution is -2.24. The summed E-state index contributed by atoms with van der Waals surface area (Å²) in [7, 11) is 1.25. The van der Waals surface area contributed by atoms with Crippen LogP contribution in [-0.4, -0.2) is 30.9 Å². The SMILES string of the molecule is COC(=O)Cc1ccc(N2CC(Cl)CC2=O)cc1F. The van der Waals surface area contributed by atoms with Crippen LogP contribution in [0.3, 0.4) is 0 Å². The average Bonchev–Trinajstić information content (AvgIpc) is 2.71. The van der Waals surface area contributed by atoms with Gasteiger partial charge in [-0.05, 0) is 17.7 Å². The monoisotopic (exact) mass is 285 g/mol. The van der Waals surface area contributed by atoms with E-state index in [1.165, 1.54) is 24.1 Å². The Bertz CT molecular complexity index is 521. The van der Waals surface area contributed by atoms with Gasteiger partial charge in [-0.3, -0.25) is 9.59 Å². The number of amides is 1. The van der Waals surface area contributed by atoms with Crippen LogP contribution in [0.15, 0.2) is 18.2 Å². The molecule has 1 atom stereocenters. The predicted octanol–water partition coefficient (Wildman–Crippen LogP) is 1.89. The van der Waals surface area contributed by atoms with Crippen LogP contribution in [0, 0.1) is 5.82 Å².